The minimum atomic E-state index is -0.304. The number of rotatable bonds is 1. The van der Waals surface area contributed by atoms with Gasteiger partial charge in [0.25, 0.3) is 0 Å². The Bertz CT molecular complexity index is 147. The molecule has 0 atom stereocenters. The summed E-state index contributed by atoms with van der Waals surface area (Å²) in [5.74, 6) is 0. The quantitative estimate of drug-likeness (QED) is 0.545. The van der Waals surface area contributed by atoms with Gasteiger partial charge in [0.15, 0.2) is 0 Å². The van der Waals surface area contributed by atoms with Crippen molar-refractivity contribution >= 4 is 23.7 Å². The minimum absolute atomic E-state index is 0.304. The molecule has 3 heteroatoms. The molecule has 1 heterocycles. The van der Waals surface area contributed by atoms with Crippen LogP contribution in [0.4, 0.5) is 0 Å². The lowest BCUT2D eigenvalue weighted by Gasteiger charge is -1.89. The van der Waals surface area contributed by atoms with Gasteiger partial charge in [-0.05, 0) is 16.2 Å². The van der Waals surface area contributed by atoms with Crippen molar-refractivity contribution < 1.29 is 5.02 Å². The molecule has 0 unspecified atom stereocenters. The summed E-state index contributed by atoms with van der Waals surface area (Å²) in [5, 5.41) is 12.8. The third-order valence-electron chi connectivity index (χ3n) is 1.03. The molecule has 42 valence electrons. The van der Waals surface area contributed by atoms with Crippen molar-refractivity contribution in [3.8, 4) is 0 Å². The second-order valence-electron chi connectivity index (χ2n) is 1.73. The van der Waals surface area contributed by atoms with E-state index >= 15 is 0 Å². The molecule has 0 aliphatic heterocycles. The van der Waals surface area contributed by atoms with E-state index < -0.39 is 0 Å². The maximum atomic E-state index is 8.92. The van der Waals surface area contributed by atoms with E-state index in [0.717, 1.165) is 5.46 Å². The molecular weight excluding hydrogens is 119 g/mol. The Labute approximate surface area is 53.1 Å². The largest absolute Gasteiger partial charge is 0.446 e. The summed E-state index contributed by atoms with van der Waals surface area (Å²) in [6.45, 7) is 1.46. The van der Waals surface area contributed by atoms with Gasteiger partial charge in [-0.1, -0.05) is 12.9 Å². The summed E-state index contributed by atoms with van der Waals surface area (Å²) >= 11 is 1.61. The van der Waals surface area contributed by atoms with Crippen LogP contribution in [-0.4, -0.2) is 11.9 Å². The first-order valence-corrected chi connectivity index (χ1v) is 3.45. The van der Waals surface area contributed by atoms with E-state index in [1.54, 1.807) is 18.2 Å². The minimum Gasteiger partial charge on any atom is -0.446 e. The fourth-order valence-electron chi connectivity index (χ4n) is 0.513. The van der Waals surface area contributed by atoms with Crippen LogP contribution in [-0.2, 0) is 0 Å². The first-order chi connectivity index (χ1) is 3.80. The molecule has 0 aliphatic rings. The SMILES string of the molecule is CB(O)c1ccsc1. The van der Waals surface area contributed by atoms with E-state index in [1.165, 1.54) is 0 Å². The van der Waals surface area contributed by atoms with E-state index in [2.05, 4.69) is 0 Å². The van der Waals surface area contributed by atoms with E-state index in [1.807, 2.05) is 16.8 Å². The monoisotopic (exact) mass is 126 g/mol. The molecule has 1 N–H and O–H groups in total. The molecule has 0 aliphatic carbocycles. The highest BCUT2D eigenvalue weighted by Gasteiger charge is 2.03. The zero-order valence-electron chi connectivity index (χ0n) is 4.66. The number of thiophene rings is 1. The lowest BCUT2D eigenvalue weighted by molar-refractivity contribution is 0.594. The van der Waals surface area contributed by atoms with Gasteiger partial charge >= 0.3 is 6.92 Å². The topological polar surface area (TPSA) is 20.2 Å². The second kappa shape index (κ2) is 2.33. The van der Waals surface area contributed by atoms with Crippen LogP contribution in [0.1, 0.15) is 0 Å². The van der Waals surface area contributed by atoms with Gasteiger partial charge in [0.2, 0.25) is 0 Å². The molecule has 0 bridgehead atoms. The predicted molar refractivity (Wildman–Crippen MR) is 37.8 cm³/mol. The van der Waals surface area contributed by atoms with Crippen LogP contribution >= 0.6 is 11.3 Å². The van der Waals surface area contributed by atoms with Crippen LogP contribution in [0.2, 0.25) is 6.82 Å². The molecule has 1 aromatic heterocycles. The maximum absolute atomic E-state index is 8.92. The Morgan fingerprint density at radius 2 is 2.50 bits per heavy atom. The van der Waals surface area contributed by atoms with Crippen LogP contribution < -0.4 is 5.46 Å². The Morgan fingerprint density at radius 1 is 1.75 bits per heavy atom. The average molecular weight is 126 g/mol. The Kier molecular flexibility index (Phi) is 1.71. The molecule has 0 spiro atoms. The third-order valence-corrected chi connectivity index (χ3v) is 1.73. The lowest BCUT2D eigenvalue weighted by Crippen LogP contribution is -2.23. The lowest BCUT2D eigenvalue weighted by atomic mass is 9.66. The Morgan fingerprint density at radius 3 is 2.75 bits per heavy atom. The van der Waals surface area contributed by atoms with Crippen LogP contribution in [0.15, 0.2) is 16.8 Å². The van der Waals surface area contributed by atoms with Gasteiger partial charge in [-0.15, -0.1) is 0 Å². The van der Waals surface area contributed by atoms with Crippen molar-refractivity contribution in [1.29, 1.82) is 0 Å². The fourth-order valence-corrected chi connectivity index (χ4v) is 1.26. The van der Waals surface area contributed by atoms with Crippen molar-refractivity contribution in [2.75, 3.05) is 0 Å². The predicted octanol–water partition coefficient (Wildman–Crippen LogP) is 0.569. The number of hydrogen-bond donors (Lipinski definition) is 1. The highest BCUT2D eigenvalue weighted by molar-refractivity contribution is 7.09. The molecular formula is C5H7BOS. The smallest absolute Gasteiger partial charge is 0.321 e. The zero-order chi connectivity index (χ0) is 5.98. The van der Waals surface area contributed by atoms with Gasteiger partial charge in [0.05, 0.1) is 0 Å². The summed E-state index contributed by atoms with van der Waals surface area (Å²) in [6.07, 6.45) is 0. The summed E-state index contributed by atoms with van der Waals surface area (Å²) < 4.78 is 0. The molecule has 8 heavy (non-hydrogen) atoms. The standard InChI is InChI=1S/C5H7BOS/c1-6(7)5-2-3-8-4-5/h2-4,7H,1H3. The van der Waals surface area contributed by atoms with Crippen LogP contribution in [0.25, 0.3) is 0 Å². The molecule has 0 saturated carbocycles. The molecule has 0 radical (unpaired) electrons. The fraction of sp³-hybridized carbons (Fsp3) is 0.200. The van der Waals surface area contributed by atoms with Crippen molar-refractivity contribution in [2.24, 2.45) is 0 Å². The Hall–Kier alpha value is -0.275. The zero-order valence-corrected chi connectivity index (χ0v) is 5.48. The average Bonchev–Trinajstić information content (AvgIpc) is 2.12. The van der Waals surface area contributed by atoms with Gasteiger partial charge in [-0.3, -0.25) is 0 Å². The van der Waals surface area contributed by atoms with Crippen molar-refractivity contribution in [3.05, 3.63) is 16.8 Å². The first kappa shape index (κ1) is 5.85. The van der Waals surface area contributed by atoms with E-state index in [4.69, 9.17) is 5.02 Å². The second-order valence-corrected chi connectivity index (χ2v) is 2.51. The van der Waals surface area contributed by atoms with Gasteiger partial charge in [-0.2, -0.15) is 11.3 Å². The van der Waals surface area contributed by atoms with E-state index in [0.29, 0.717) is 0 Å². The van der Waals surface area contributed by atoms with Crippen LogP contribution in [0.3, 0.4) is 0 Å². The van der Waals surface area contributed by atoms with Crippen molar-refractivity contribution in [1.82, 2.24) is 0 Å². The molecule has 0 aromatic carbocycles. The molecule has 0 saturated heterocycles. The normalized spacial score (nSPS) is 9.25. The van der Waals surface area contributed by atoms with Crippen molar-refractivity contribution in [3.63, 3.8) is 0 Å². The molecule has 0 amide bonds. The van der Waals surface area contributed by atoms with Gasteiger partial charge < -0.3 is 5.02 Å². The van der Waals surface area contributed by atoms with E-state index in [-0.39, 0.29) is 6.92 Å². The molecule has 1 rings (SSSR count). The molecule has 1 nitrogen and oxygen atoms in total. The highest BCUT2D eigenvalue weighted by Crippen LogP contribution is 1.93. The Balaban J connectivity index is 2.77. The summed E-state index contributed by atoms with van der Waals surface area (Å²) in [7, 11) is 0. The van der Waals surface area contributed by atoms with Gasteiger partial charge in [0.1, 0.15) is 0 Å². The summed E-state index contributed by atoms with van der Waals surface area (Å²) in [5.41, 5.74) is 1.01. The maximum Gasteiger partial charge on any atom is 0.321 e. The van der Waals surface area contributed by atoms with E-state index in [9.17, 15) is 0 Å². The number of hydrogen-bond acceptors (Lipinski definition) is 2. The molecule has 0 fully saturated rings. The summed E-state index contributed by atoms with van der Waals surface area (Å²) in [4.78, 5) is 0. The highest BCUT2D eigenvalue weighted by atomic mass is 32.1. The van der Waals surface area contributed by atoms with Crippen molar-refractivity contribution in [2.45, 2.75) is 6.82 Å². The molecule has 1 aromatic rings. The summed E-state index contributed by atoms with van der Waals surface area (Å²) in [6, 6.07) is 1.93. The third kappa shape index (κ3) is 1.11. The first-order valence-electron chi connectivity index (χ1n) is 2.51. The van der Waals surface area contributed by atoms with Gasteiger partial charge in [0, 0.05) is 0 Å². The van der Waals surface area contributed by atoms with Crippen LogP contribution in [0.5, 0.6) is 0 Å². The van der Waals surface area contributed by atoms with Crippen LogP contribution in [0, 0.1) is 0 Å². The van der Waals surface area contributed by atoms with Gasteiger partial charge in [-0.25, -0.2) is 0 Å².